The number of carbonyl (C=O) groups excluding carboxylic acids is 2. The predicted octanol–water partition coefficient (Wildman–Crippen LogP) is 9.67. The van der Waals surface area contributed by atoms with Gasteiger partial charge in [0.15, 0.2) is 0 Å². The maximum absolute atomic E-state index is 13.1. The third-order valence-corrected chi connectivity index (χ3v) is 21.9. The number of aryl methyl sites for hydroxylation is 2. The number of rotatable bonds is 0. The van der Waals surface area contributed by atoms with Gasteiger partial charge in [-0.15, -0.1) is 0 Å². The largest absolute Gasteiger partial charge is 0.490 e. The lowest BCUT2D eigenvalue weighted by atomic mass is 9.68. The summed E-state index contributed by atoms with van der Waals surface area (Å²) >= 11 is 12.7. The number of fused-ring (bicyclic) bond motifs is 8. The lowest BCUT2D eigenvalue weighted by Gasteiger charge is -2.45. The lowest BCUT2D eigenvalue weighted by molar-refractivity contribution is 0.0971. The molecular formula is C60H74Cl2N4O10S2. The smallest absolute Gasteiger partial charge is 0.264 e. The molecule has 0 radical (unpaired) electrons. The quantitative estimate of drug-likeness (QED) is 0.131. The molecule has 4 aliphatic carbocycles. The molecule has 2 amide bonds. The van der Waals surface area contributed by atoms with Crippen molar-refractivity contribution in [1.82, 2.24) is 9.44 Å². The Balaban J connectivity index is 0.000000165. The fourth-order valence-corrected chi connectivity index (χ4v) is 16.7. The zero-order valence-electron chi connectivity index (χ0n) is 44.4. The molecule has 78 heavy (non-hydrogen) atoms. The highest BCUT2D eigenvalue weighted by molar-refractivity contribution is 7.90. The minimum Gasteiger partial charge on any atom is -0.490 e. The van der Waals surface area contributed by atoms with Crippen LogP contribution in [0.25, 0.3) is 0 Å². The molecule has 2 spiro atoms. The summed E-state index contributed by atoms with van der Waals surface area (Å²) in [4.78, 5) is 30.9. The Bertz CT molecular complexity index is 2940. The van der Waals surface area contributed by atoms with E-state index in [9.17, 15) is 36.6 Å². The molecule has 0 aromatic heterocycles. The Hall–Kier alpha value is -4.58. The van der Waals surface area contributed by atoms with Crippen LogP contribution in [0.4, 0.5) is 11.4 Å². The van der Waals surface area contributed by atoms with Crippen LogP contribution in [0.3, 0.4) is 0 Å². The summed E-state index contributed by atoms with van der Waals surface area (Å²) in [6.45, 7) is 4.25. The zero-order chi connectivity index (χ0) is 54.4. The fourth-order valence-electron chi connectivity index (χ4n) is 14.2. The number of carbonyl (C=O) groups is 2. The second-order valence-corrected chi connectivity index (χ2v) is 28.6. The summed E-state index contributed by atoms with van der Waals surface area (Å²) in [6, 6.07) is 22.9. The number of hydrogen-bond acceptors (Lipinski definition) is 12. The number of nitrogens with one attached hydrogen (secondary N) is 2. The van der Waals surface area contributed by atoms with Crippen molar-refractivity contribution in [1.29, 1.82) is 0 Å². The van der Waals surface area contributed by atoms with Crippen LogP contribution in [0.2, 0.25) is 10.0 Å². The predicted molar refractivity (Wildman–Crippen MR) is 304 cm³/mol. The van der Waals surface area contributed by atoms with Crippen molar-refractivity contribution < 1.29 is 46.1 Å². The van der Waals surface area contributed by atoms with Crippen LogP contribution in [0.15, 0.2) is 72.8 Å². The van der Waals surface area contributed by atoms with E-state index in [4.69, 9.17) is 32.7 Å². The van der Waals surface area contributed by atoms with Gasteiger partial charge in [-0.3, -0.25) is 9.59 Å². The van der Waals surface area contributed by atoms with Crippen LogP contribution in [0.1, 0.15) is 146 Å². The Morgan fingerprint density at radius 3 is 1.33 bits per heavy atom. The van der Waals surface area contributed by atoms with Crippen molar-refractivity contribution in [3.63, 3.8) is 0 Å². The molecule has 18 heteroatoms. The molecule has 8 aliphatic rings. The molecule has 2 saturated carbocycles. The normalized spacial score (nSPS) is 30.7. The van der Waals surface area contributed by atoms with Gasteiger partial charge in [-0.1, -0.05) is 35.3 Å². The topological polar surface area (TPSA) is 192 Å². The van der Waals surface area contributed by atoms with Crippen molar-refractivity contribution in [3.8, 4) is 11.5 Å². The number of anilines is 2. The van der Waals surface area contributed by atoms with Gasteiger partial charge in [-0.2, -0.15) is 0 Å². The molecule has 4 aromatic carbocycles. The van der Waals surface area contributed by atoms with Gasteiger partial charge in [0.05, 0.1) is 48.3 Å². The standard InChI is InChI=1S/2C30H37ClN2O5S/c2*31-24-9-11-26-21(15-24)3-1-13-30(26)18-33-17-23-6-5-20(23)7-10-25(34)4-2-14-39(36,37)32-29(35)22-8-12-28(38-19-30)27(33)16-22/h2*8-9,11-12,15-16,20,23,25,34H,1-7,10,13-14,17-19H2,(H,32,35)/t20-,23-,25+,30-;20-,23-,25-,30-/m00/s1. The molecule has 12 rings (SSSR count). The molecule has 8 atom stereocenters. The summed E-state index contributed by atoms with van der Waals surface area (Å²) in [5, 5.41) is 22.5. The first-order chi connectivity index (χ1) is 37.4. The molecule has 4 heterocycles. The summed E-state index contributed by atoms with van der Waals surface area (Å²) in [7, 11) is -7.61. The Kier molecular flexibility index (Phi) is 16.1. The summed E-state index contributed by atoms with van der Waals surface area (Å²) in [5.41, 5.74) is 7.00. The van der Waals surface area contributed by atoms with E-state index in [1.165, 1.54) is 22.3 Å². The van der Waals surface area contributed by atoms with E-state index < -0.39 is 44.1 Å². The monoisotopic (exact) mass is 1140 g/mol. The molecule has 4 N–H and O–H groups in total. The minimum absolute atomic E-state index is 0.187. The Labute approximate surface area is 470 Å². The SMILES string of the molecule is O=C1NS(=O)(=O)CCC[C@@H](O)CC[C@@H]2CC[C@H]2CN2C[C@@]3(CCCc4cc(Cl)ccc43)COc3ccc1cc32.O=C1NS(=O)(=O)CCC[C@H](O)CC[C@@H]2CC[C@H]2CN2C[C@@]3(CCCc4cc(Cl)ccc43)COc3ccc1cc32. The lowest BCUT2D eigenvalue weighted by Crippen LogP contribution is -2.48. The van der Waals surface area contributed by atoms with E-state index in [1.54, 1.807) is 24.3 Å². The van der Waals surface area contributed by atoms with Crippen molar-refractivity contribution in [3.05, 3.63) is 116 Å². The van der Waals surface area contributed by atoms with Gasteiger partial charge < -0.3 is 29.5 Å². The first-order valence-corrected chi connectivity index (χ1v) is 32.6. The number of nitrogens with zero attached hydrogens (tertiary/aromatic N) is 2. The van der Waals surface area contributed by atoms with Gasteiger partial charge in [0.2, 0.25) is 20.0 Å². The third-order valence-electron chi connectivity index (χ3n) is 18.8. The second-order valence-electron chi connectivity index (χ2n) is 24.0. The van der Waals surface area contributed by atoms with Crippen LogP contribution in [-0.2, 0) is 43.7 Å². The number of ether oxygens (including phenoxy) is 2. The molecule has 4 bridgehead atoms. The number of halogens is 2. The molecule has 2 fully saturated rings. The van der Waals surface area contributed by atoms with Crippen LogP contribution in [0, 0.1) is 23.7 Å². The highest BCUT2D eigenvalue weighted by Gasteiger charge is 2.46. The first kappa shape index (κ1) is 55.3. The average molecular weight is 1150 g/mol. The van der Waals surface area contributed by atoms with Crippen molar-refractivity contribution in [2.45, 2.75) is 139 Å². The average Bonchev–Trinajstić information content (AvgIpc) is 3.64. The zero-order valence-corrected chi connectivity index (χ0v) is 47.5. The van der Waals surface area contributed by atoms with Crippen LogP contribution < -0.4 is 28.7 Å². The molecule has 4 aliphatic heterocycles. The summed E-state index contributed by atoms with van der Waals surface area (Å²) < 4.78 is 67.9. The maximum Gasteiger partial charge on any atom is 0.264 e. The molecule has 14 nitrogen and oxygen atoms in total. The number of benzene rings is 4. The van der Waals surface area contributed by atoms with Crippen LogP contribution in [0.5, 0.6) is 11.5 Å². The molecule has 0 saturated heterocycles. The Morgan fingerprint density at radius 2 is 0.923 bits per heavy atom. The molecule has 4 aromatic rings. The Morgan fingerprint density at radius 1 is 0.513 bits per heavy atom. The second kappa shape index (κ2) is 22.8. The number of hydrogen-bond donors (Lipinski definition) is 4. The van der Waals surface area contributed by atoms with E-state index in [1.807, 2.05) is 24.3 Å². The van der Waals surface area contributed by atoms with Gasteiger partial charge in [-0.05, 0) is 222 Å². The van der Waals surface area contributed by atoms with Gasteiger partial charge in [0.25, 0.3) is 11.8 Å². The number of sulfonamides is 2. The highest BCUT2D eigenvalue weighted by Crippen LogP contribution is 2.49. The van der Waals surface area contributed by atoms with Gasteiger partial charge >= 0.3 is 0 Å². The van der Waals surface area contributed by atoms with Gasteiger partial charge in [-0.25, -0.2) is 26.3 Å². The van der Waals surface area contributed by atoms with Crippen molar-refractivity contribution in [2.75, 3.05) is 60.7 Å². The fraction of sp³-hybridized carbons (Fsp3) is 0.567. The van der Waals surface area contributed by atoms with E-state index in [0.717, 1.165) is 136 Å². The molecule has 420 valence electrons. The minimum atomic E-state index is -3.81. The highest BCUT2D eigenvalue weighted by atomic mass is 35.5. The van der Waals surface area contributed by atoms with Crippen LogP contribution >= 0.6 is 23.2 Å². The molecular weight excluding hydrogens is 1070 g/mol. The summed E-state index contributed by atoms with van der Waals surface area (Å²) in [6.07, 6.45) is 14.3. The number of aliphatic hydroxyl groups excluding tert-OH is 2. The first-order valence-electron chi connectivity index (χ1n) is 28.5. The molecule has 0 unspecified atom stereocenters. The van der Waals surface area contributed by atoms with Gasteiger partial charge in [0.1, 0.15) is 11.5 Å². The van der Waals surface area contributed by atoms with Crippen molar-refractivity contribution >= 4 is 66.4 Å². The van der Waals surface area contributed by atoms with Crippen molar-refractivity contribution in [2.24, 2.45) is 23.7 Å². The van der Waals surface area contributed by atoms with Gasteiger partial charge in [0, 0.05) is 58.2 Å². The number of amides is 2. The maximum atomic E-state index is 13.1. The van der Waals surface area contributed by atoms with E-state index >= 15 is 0 Å². The van der Waals surface area contributed by atoms with E-state index in [2.05, 4.69) is 43.5 Å². The van der Waals surface area contributed by atoms with E-state index in [0.29, 0.717) is 86.5 Å². The third kappa shape index (κ3) is 12.1. The van der Waals surface area contributed by atoms with Crippen LogP contribution in [-0.4, -0.2) is 102 Å². The summed E-state index contributed by atoms with van der Waals surface area (Å²) in [5.74, 6) is 1.86. The number of aliphatic hydroxyl groups is 2. The van der Waals surface area contributed by atoms with E-state index in [-0.39, 0.29) is 22.3 Å².